The van der Waals surface area contributed by atoms with Crippen LogP contribution in [0.4, 0.5) is 23.4 Å². The maximum absolute atomic E-state index is 12.5. The zero-order chi connectivity index (χ0) is 14.0. The average molecular weight is 297 g/mol. The molecule has 1 fully saturated rings. The Kier molecular flexibility index (Phi) is 4.18. The van der Waals surface area contributed by atoms with E-state index in [2.05, 4.69) is 4.98 Å². The number of piperidine rings is 1. The number of hydrogen-bond acceptors (Lipinski definition) is 2. The van der Waals surface area contributed by atoms with E-state index in [1.807, 2.05) is 0 Å². The second-order valence-corrected chi connectivity index (χ2v) is 5.02. The number of hydrogen-bond donors (Lipinski definition) is 0. The number of anilines is 1. The minimum absolute atomic E-state index is 0.0199. The van der Waals surface area contributed by atoms with Crippen molar-refractivity contribution in [2.45, 2.75) is 19.0 Å². The molecule has 2 nitrogen and oxygen atoms in total. The van der Waals surface area contributed by atoms with Gasteiger partial charge in [0, 0.05) is 19.3 Å². The molecule has 0 radical (unpaired) electrons. The minimum Gasteiger partial charge on any atom is -0.355 e. The first kappa shape index (κ1) is 14.4. The van der Waals surface area contributed by atoms with E-state index in [4.69, 9.17) is 11.6 Å². The first-order valence-electron chi connectivity index (χ1n) is 5.95. The van der Waals surface area contributed by atoms with Gasteiger partial charge < -0.3 is 4.90 Å². The van der Waals surface area contributed by atoms with Crippen molar-refractivity contribution in [2.24, 2.45) is 5.92 Å². The highest BCUT2D eigenvalue weighted by atomic mass is 35.5. The third kappa shape index (κ3) is 3.29. The monoisotopic (exact) mass is 296 g/mol. The third-order valence-electron chi connectivity index (χ3n) is 3.28. The molecule has 2 heterocycles. The van der Waals surface area contributed by atoms with E-state index in [-0.39, 0.29) is 17.6 Å². The van der Waals surface area contributed by atoms with E-state index in [0.29, 0.717) is 31.7 Å². The van der Waals surface area contributed by atoms with Crippen LogP contribution in [0.2, 0.25) is 5.02 Å². The van der Waals surface area contributed by atoms with E-state index in [1.54, 1.807) is 4.90 Å². The molecule has 1 aliphatic rings. The summed E-state index contributed by atoms with van der Waals surface area (Å²) in [7, 11) is 0. The summed E-state index contributed by atoms with van der Waals surface area (Å²) in [5.41, 5.74) is -0.861. The molecule has 1 aliphatic heterocycles. The van der Waals surface area contributed by atoms with Crippen molar-refractivity contribution in [1.29, 1.82) is 0 Å². The second-order valence-electron chi connectivity index (χ2n) is 4.61. The van der Waals surface area contributed by atoms with Crippen LogP contribution in [-0.2, 0) is 6.18 Å². The van der Waals surface area contributed by atoms with Gasteiger partial charge in [0.15, 0.2) is 0 Å². The highest BCUT2D eigenvalue weighted by Crippen LogP contribution is 2.34. The Balaban J connectivity index is 2.14. The molecule has 1 saturated heterocycles. The number of nitrogens with zero attached hydrogens (tertiary/aromatic N) is 2. The van der Waals surface area contributed by atoms with Gasteiger partial charge in [0.05, 0.1) is 17.3 Å². The van der Waals surface area contributed by atoms with Gasteiger partial charge in [0.25, 0.3) is 0 Å². The Morgan fingerprint density at radius 1 is 1.32 bits per heavy atom. The summed E-state index contributed by atoms with van der Waals surface area (Å²) >= 11 is 5.86. The third-order valence-corrected chi connectivity index (χ3v) is 3.56. The molecule has 0 N–H and O–H groups in total. The van der Waals surface area contributed by atoms with E-state index in [1.165, 1.54) is 0 Å². The van der Waals surface area contributed by atoms with Crippen molar-refractivity contribution in [3.63, 3.8) is 0 Å². The Hall–Kier alpha value is -1.04. The summed E-state index contributed by atoms with van der Waals surface area (Å²) in [6.07, 6.45) is -2.34. The van der Waals surface area contributed by atoms with Crippen LogP contribution in [-0.4, -0.2) is 24.7 Å². The van der Waals surface area contributed by atoms with E-state index >= 15 is 0 Å². The molecule has 106 valence electrons. The number of rotatable bonds is 2. The van der Waals surface area contributed by atoms with Crippen LogP contribution >= 0.6 is 11.6 Å². The number of halogens is 5. The van der Waals surface area contributed by atoms with Crippen molar-refractivity contribution < 1.29 is 17.6 Å². The molecule has 0 saturated carbocycles. The highest BCUT2D eigenvalue weighted by Gasteiger charge is 2.32. The minimum atomic E-state index is -4.45. The van der Waals surface area contributed by atoms with Crippen LogP contribution in [0.5, 0.6) is 0 Å². The Labute approximate surface area is 113 Å². The van der Waals surface area contributed by atoms with Crippen molar-refractivity contribution in [3.8, 4) is 0 Å². The Morgan fingerprint density at radius 2 is 1.95 bits per heavy atom. The molecule has 0 aromatic carbocycles. The summed E-state index contributed by atoms with van der Waals surface area (Å²) in [5, 5.41) is -0.0199. The molecule has 0 atom stereocenters. The number of aromatic nitrogens is 1. The van der Waals surface area contributed by atoms with Gasteiger partial charge in [-0.1, -0.05) is 11.6 Å². The fraction of sp³-hybridized carbons (Fsp3) is 0.583. The summed E-state index contributed by atoms with van der Waals surface area (Å²) in [6, 6.07) is 0.880. The first-order chi connectivity index (χ1) is 8.91. The molecule has 0 bridgehead atoms. The lowest BCUT2D eigenvalue weighted by molar-refractivity contribution is -0.137. The molecule has 19 heavy (non-hydrogen) atoms. The van der Waals surface area contributed by atoms with Gasteiger partial charge in [-0.3, -0.25) is 4.39 Å². The lowest BCUT2D eigenvalue weighted by Gasteiger charge is -2.32. The number of pyridine rings is 1. The zero-order valence-electron chi connectivity index (χ0n) is 10.1. The maximum atomic E-state index is 12.5. The zero-order valence-corrected chi connectivity index (χ0v) is 10.8. The Morgan fingerprint density at radius 3 is 2.42 bits per heavy atom. The van der Waals surface area contributed by atoms with Crippen LogP contribution < -0.4 is 4.90 Å². The van der Waals surface area contributed by atoms with Gasteiger partial charge in [-0.2, -0.15) is 13.2 Å². The normalized spacial score (nSPS) is 17.8. The molecule has 0 aliphatic carbocycles. The van der Waals surface area contributed by atoms with E-state index in [9.17, 15) is 17.6 Å². The van der Waals surface area contributed by atoms with Crippen molar-refractivity contribution in [2.75, 3.05) is 24.7 Å². The predicted molar refractivity (Wildman–Crippen MR) is 65.2 cm³/mol. The molecule has 0 unspecified atom stereocenters. The van der Waals surface area contributed by atoms with Crippen LogP contribution in [0, 0.1) is 5.92 Å². The standard InChI is InChI=1S/C12H13ClF4N2/c13-10-5-9(12(15,16)17)7-18-11(10)19-3-1-8(6-14)2-4-19/h5,7-8H,1-4,6H2. The molecule has 7 heteroatoms. The van der Waals surface area contributed by atoms with E-state index in [0.717, 1.165) is 12.3 Å². The summed E-state index contributed by atoms with van der Waals surface area (Å²) in [4.78, 5) is 5.60. The Bertz CT molecular complexity index is 442. The molecule has 0 spiro atoms. The smallest absolute Gasteiger partial charge is 0.355 e. The largest absolute Gasteiger partial charge is 0.417 e. The molecule has 2 rings (SSSR count). The fourth-order valence-electron chi connectivity index (χ4n) is 2.12. The molecular formula is C12H13ClF4N2. The second kappa shape index (κ2) is 5.53. The van der Waals surface area contributed by atoms with Gasteiger partial charge in [-0.05, 0) is 24.8 Å². The molecule has 1 aromatic heterocycles. The highest BCUT2D eigenvalue weighted by molar-refractivity contribution is 6.33. The SMILES string of the molecule is FCC1CCN(c2ncc(C(F)(F)F)cc2Cl)CC1. The lowest BCUT2D eigenvalue weighted by Crippen LogP contribution is -2.35. The maximum Gasteiger partial charge on any atom is 0.417 e. The van der Waals surface area contributed by atoms with Gasteiger partial charge in [-0.25, -0.2) is 4.98 Å². The van der Waals surface area contributed by atoms with Gasteiger partial charge in [-0.15, -0.1) is 0 Å². The fourth-order valence-corrected chi connectivity index (χ4v) is 2.40. The quantitative estimate of drug-likeness (QED) is 0.769. The van der Waals surface area contributed by atoms with Gasteiger partial charge in [0.2, 0.25) is 0 Å². The van der Waals surface area contributed by atoms with Crippen LogP contribution in [0.3, 0.4) is 0 Å². The molecule has 1 aromatic rings. The summed E-state index contributed by atoms with van der Waals surface area (Å²) in [5.74, 6) is 0.372. The van der Waals surface area contributed by atoms with Crippen LogP contribution in [0.1, 0.15) is 18.4 Å². The van der Waals surface area contributed by atoms with Crippen LogP contribution in [0.25, 0.3) is 0 Å². The van der Waals surface area contributed by atoms with Crippen molar-refractivity contribution >= 4 is 17.4 Å². The van der Waals surface area contributed by atoms with E-state index < -0.39 is 11.7 Å². The average Bonchev–Trinajstić information content (AvgIpc) is 2.38. The molecular weight excluding hydrogens is 284 g/mol. The van der Waals surface area contributed by atoms with Gasteiger partial charge >= 0.3 is 6.18 Å². The van der Waals surface area contributed by atoms with Gasteiger partial charge in [0.1, 0.15) is 5.82 Å². The topological polar surface area (TPSA) is 16.1 Å². The molecule has 0 amide bonds. The number of alkyl halides is 4. The predicted octanol–water partition coefficient (Wildman–Crippen LogP) is 3.94. The van der Waals surface area contributed by atoms with Crippen molar-refractivity contribution in [1.82, 2.24) is 4.98 Å². The summed E-state index contributed by atoms with van der Waals surface area (Å²) in [6.45, 7) is 0.765. The first-order valence-corrected chi connectivity index (χ1v) is 6.33. The lowest BCUT2D eigenvalue weighted by atomic mass is 9.98. The van der Waals surface area contributed by atoms with Crippen molar-refractivity contribution in [3.05, 3.63) is 22.8 Å². The van der Waals surface area contributed by atoms with Crippen LogP contribution in [0.15, 0.2) is 12.3 Å². The summed E-state index contributed by atoms with van der Waals surface area (Å²) < 4.78 is 49.9.